The number of amides is 1. The third-order valence-corrected chi connectivity index (χ3v) is 5.93. The highest BCUT2D eigenvalue weighted by Crippen LogP contribution is 2.29. The third kappa shape index (κ3) is 4.81. The third-order valence-electron chi connectivity index (χ3n) is 5.93. The molecule has 4 rings (SSSR count). The molecule has 1 saturated heterocycles. The zero-order valence-electron chi connectivity index (χ0n) is 18.8. The SMILES string of the molecule is CCOc1ccc2ccccc2c1C(=O)NCCN1CCN(c2ccccc2OC)CC1. The lowest BCUT2D eigenvalue weighted by Crippen LogP contribution is -2.48. The van der Waals surface area contributed by atoms with Crippen molar-refractivity contribution in [1.82, 2.24) is 10.2 Å². The van der Waals surface area contributed by atoms with Crippen molar-refractivity contribution in [2.75, 3.05) is 57.9 Å². The number of rotatable bonds is 8. The van der Waals surface area contributed by atoms with Crippen molar-refractivity contribution in [2.45, 2.75) is 6.92 Å². The van der Waals surface area contributed by atoms with Gasteiger partial charge in [0.05, 0.1) is 25.0 Å². The number of anilines is 1. The molecule has 0 aliphatic carbocycles. The van der Waals surface area contributed by atoms with Gasteiger partial charge in [0.1, 0.15) is 11.5 Å². The van der Waals surface area contributed by atoms with Crippen molar-refractivity contribution in [1.29, 1.82) is 0 Å². The maximum Gasteiger partial charge on any atom is 0.255 e. The van der Waals surface area contributed by atoms with Crippen LogP contribution in [-0.4, -0.2) is 63.8 Å². The zero-order chi connectivity index (χ0) is 22.3. The highest BCUT2D eigenvalue weighted by molar-refractivity contribution is 6.09. The largest absolute Gasteiger partial charge is 0.495 e. The van der Waals surface area contributed by atoms with Gasteiger partial charge >= 0.3 is 0 Å². The Labute approximate surface area is 189 Å². The first-order valence-electron chi connectivity index (χ1n) is 11.2. The highest BCUT2D eigenvalue weighted by Gasteiger charge is 2.20. The van der Waals surface area contributed by atoms with E-state index in [1.165, 1.54) is 0 Å². The molecule has 6 heteroatoms. The van der Waals surface area contributed by atoms with Crippen molar-refractivity contribution >= 4 is 22.4 Å². The number of carbonyl (C=O) groups is 1. The minimum Gasteiger partial charge on any atom is -0.495 e. The molecular weight excluding hydrogens is 402 g/mol. The summed E-state index contributed by atoms with van der Waals surface area (Å²) in [5, 5.41) is 5.06. The number of methoxy groups -OCH3 is 1. The van der Waals surface area contributed by atoms with Gasteiger partial charge in [-0.2, -0.15) is 0 Å². The summed E-state index contributed by atoms with van der Waals surface area (Å²) >= 11 is 0. The Morgan fingerprint density at radius 3 is 2.47 bits per heavy atom. The van der Waals surface area contributed by atoms with Crippen molar-refractivity contribution in [3.63, 3.8) is 0 Å². The number of piperazine rings is 1. The van der Waals surface area contributed by atoms with Crippen molar-refractivity contribution in [3.8, 4) is 11.5 Å². The maximum absolute atomic E-state index is 13.1. The summed E-state index contributed by atoms with van der Waals surface area (Å²) in [6, 6.07) is 20.0. The molecule has 0 unspecified atom stereocenters. The summed E-state index contributed by atoms with van der Waals surface area (Å²) in [4.78, 5) is 17.8. The fourth-order valence-corrected chi connectivity index (χ4v) is 4.28. The molecule has 1 amide bonds. The van der Waals surface area contributed by atoms with Gasteiger partial charge in [0.25, 0.3) is 5.91 Å². The lowest BCUT2D eigenvalue weighted by Gasteiger charge is -2.36. The molecule has 32 heavy (non-hydrogen) atoms. The van der Waals surface area contributed by atoms with E-state index in [1.807, 2.05) is 61.5 Å². The molecule has 3 aromatic rings. The summed E-state index contributed by atoms with van der Waals surface area (Å²) in [5.74, 6) is 1.46. The number of benzene rings is 3. The highest BCUT2D eigenvalue weighted by atomic mass is 16.5. The molecule has 3 aromatic carbocycles. The van der Waals surface area contributed by atoms with Gasteiger partial charge in [-0.25, -0.2) is 0 Å². The average molecular weight is 434 g/mol. The van der Waals surface area contributed by atoms with Gasteiger partial charge in [-0.3, -0.25) is 9.69 Å². The van der Waals surface area contributed by atoms with Crippen LogP contribution < -0.4 is 19.7 Å². The second kappa shape index (κ2) is 10.4. The summed E-state index contributed by atoms with van der Waals surface area (Å²) in [5.41, 5.74) is 1.76. The molecule has 1 fully saturated rings. The average Bonchev–Trinajstić information content (AvgIpc) is 2.84. The van der Waals surface area contributed by atoms with E-state index in [4.69, 9.17) is 9.47 Å². The summed E-state index contributed by atoms with van der Waals surface area (Å²) in [6.07, 6.45) is 0. The number of para-hydroxylation sites is 2. The smallest absolute Gasteiger partial charge is 0.255 e. The van der Waals surface area contributed by atoms with Gasteiger partial charge < -0.3 is 19.7 Å². The van der Waals surface area contributed by atoms with Gasteiger partial charge in [0, 0.05) is 39.3 Å². The lowest BCUT2D eigenvalue weighted by atomic mass is 10.0. The van der Waals surface area contributed by atoms with E-state index in [2.05, 4.69) is 21.2 Å². The number of fused-ring (bicyclic) bond motifs is 1. The molecular formula is C26H31N3O3. The van der Waals surface area contributed by atoms with Gasteiger partial charge in [0.15, 0.2) is 0 Å². The fourth-order valence-electron chi connectivity index (χ4n) is 4.28. The molecule has 0 atom stereocenters. The number of hydrogen-bond acceptors (Lipinski definition) is 5. The van der Waals surface area contributed by atoms with Crippen LogP contribution >= 0.6 is 0 Å². The summed E-state index contributed by atoms with van der Waals surface area (Å²) in [6.45, 7) is 7.65. The van der Waals surface area contributed by atoms with E-state index in [0.29, 0.717) is 24.5 Å². The Balaban J connectivity index is 1.34. The summed E-state index contributed by atoms with van der Waals surface area (Å²) < 4.78 is 11.3. The first kappa shape index (κ1) is 22.0. The van der Waals surface area contributed by atoms with Gasteiger partial charge in [-0.05, 0) is 35.9 Å². The molecule has 0 aromatic heterocycles. The normalized spacial score (nSPS) is 14.4. The van der Waals surface area contributed by atoms with E-state index in [-0.39, 0.29) is 5.91 Å². The molecule has 0 radical (unpaired) electrons. The maximum atomic E-state index is 13.1. The van der Waals surface area contributed by atoms with Crippen LogP contribution in [0.5, 0.6) is 11.5 Å². The van der Waals surface area contributed by atoms with Crippen LogP contribution in [0.4, 0.5) is 5.69 Å². The quantitative estimate of drug-likeness (QED) is 0.586. The van der Waals surface area contributed by atoms with Crippen LogP contribution in [0, 0.1) is 0 Å². The van der Waals surface area contributed by atoms with Crippen molar-refractivity contribution in [3.05, 3.63) is 66.2 Å². The molecule has 1 aliphatic rings. The molecule has 168 valence electrons. The standard InChI is InChI=1S/C26H31N3O3/c1-3-32-24-13-12-20-8-4-5-9-21(20)25(24)26(30)27-14-15-28-16-18-29(19-17-28)22-10-6-7-11-23(22)31-2/h4-13H,3,14-19H2,1-2H3,(H,27,30). The molecule has 1 N–H and O–H groups in total. The van der Waals surface area contributed by atoms with Crippen LogP contribution in [0.1, 0.15) is 17.3 Å². The predicted molar refractivity (Wildman–Crippen MR) is 129 cm³/mol. The number of hydrogen-bond donors (Lipinski definition) is 1. The van der Waals surface area contributed by atoms with E-state index >= 15 is 0 Å². The molecule has 1 aliphatic heterocycles. The topological polar surface area (TPSA) is 54.0 Å². The van der Waals surface area contributed by atoms with Crippen LogP contribution in [-0.2, 0) is 0 Å². The number of nitrogens with zero attached hydrogens (tertiary/aromatic N) is 2. The molecule has 0 saturated carbocycles. The minimum absolute atomic E-state index is 0.0853. The first-order chi connectivity index (χ1) is 15.7. The Bertz CT molecular complexity index is 1060. The molecule has 0 spiro atoms. The Morgan fingerprint density at radius 2 is 1.69 bits per heavy atom. The Morgan fingerprint density at radius 1 is 0.938 bits per heavy atom. The fraction of sp³-hybridized carbons (Fsp3) is 0.346. The number of carbonyl (C=O) groups excluding carboxylic acids is 1. The molecule has 6 nitrogen and oxygen atoms in total. The zero-order valence-corrected chi connectivity index (χ0v) is 18.8. The van der Waals surface area contributed by atoms with Crippen molar-refractivity contribution < 1.29 is 14.3 Å². The minimum atomic E-state index is -0.0853. The Hall–Kier alpha value is -3.25. The van der Waals surface area contributed by atoms with E-state index in [9.17, 15) is 4.79 Å². The van der Waals surface area contributed by atoms with Crippen LogP contribution in [0.2, 0.25) is 0 Å². The summed E-state index contributed by atoms with van der Waals surface area (Å²) in [7, 11) is 1.71. The lowest BCUT2D eigenvalue weighted by molar-refractivity contribution is 0.0946. The molecule has 0 bridgehead atoms. The second-order valence-electron chi connectivity index (χ2n) is 7.85. The first-order valence-corrected chi connectivity index (χ1v) is 11.2. The van der Waals surface area contributed by atoms with Crippen molar-refractivity contribution in [2.24, 2.45) is 0 Å². The van der Waals surface area contributed by atoms with Gasteiger partial charge in [-0.1, -0.05) is 42.5 Å². The van der Waals surface area contributed by atoms with Gasteiger partial charge in [-0.15, -0.1) is 0 Å². The van der Waals surface area contributed by atoms with E-state index in [1.54, 1.807) is 7.11 Å². The van der Waals surface area contributed by atoms with Crippen LogP contribution in [0.15, 0.2) is 60.7 Å². The number of ether oxygens (including phenoxy) is 2. The van der Waals surface area contributed by atoms with Crippen LogP contribution in [0.25, 0.3) is 10.8 Å². The van der Waals surface area contributed by atoms with E-state index < -0.39 is 0 Å². The molecule has 1 heterocycles. The predicted octanol–water partition coefficient (Wildman–Crippen LogP) is 3.80. The monoisotopic (exact) mass is 433 g/mol. The van der Waals surface area contributed by atoms with Gasteiger partial charge in [0.2, 0.25) is 0 Å². The Kier molecular flexibility index (Phi) is 7.12. The van der Waals surface area contributed by atoms with Crippen LogP contribution in [0.3, 0.4) is 0 Å². The second-order valence-corrected chi connectivity index (χ2v) is 7.85. The van der Waals surface area contributed by atoms with E-state index in [0.717, 1.165) is 54.9 Å². The number of nitrogens with one attached hydrogen (secondary N) is 1.